The van der Waals surface area contributed by atoms with Gasteiger partial charge in [0, 0.05) is 5.92 Å². The average molecular weight is 178 g/mol. The number of amides is 1. The summed E-state index contributed by atoms with van der Waals surface area (Å²) in [6, 6.07) is 2.21. The first-order valence-corrected chi connectivity index (χ1v) is 4.90. The molecule has 2 aliphatic carbocycles. The summed E-state index contributed by atoms with van der Waals surface area (Å²) < 4.78 is 0. The zero-order valence-electron chi connectivity index (χ0n) is 7.84. The molecule has 1 N–H and O–H groups in total. The molecule has 0 saturated heterocycles. The van der Waals surface area contributed by atoms with Crippen LogP contribution in [0.25, 0.3) is 0 Å². The molecule has 0 aromatic rings. The number of hydrogen-bond acceptors (Lipinski definition) is 2. The molecule has 2 saturated carbocycles. The van der Waals surface area contributed by atoms with Gasteiger partial charge in [0.1, 0.15) is 5.54 Å². The minimum absolute atomic E-state index is 0.0914. The maximum Gasteiger partial charge on any atom is 0.224 e. The van der Waals surface area contributed by atoms with Crippen molar-refractivity contribution in [3.63, 3.8) is 0 Å². The summed E-state index contributed by atoms with van der Waals surface area (Å²) in [5.41, 5.74) is -0.501. The van der Waals surface area contributed by atoms with Crippen molar-refractivity contribution in [3.8, 4) is 6.07 Å². The van der Waals surface area contributed by atoms with Crippen LogP contribution < -0.4 is 5.32 Å². The summed E-state index contributed by atoms with van der Waals surface area (Å²) in [5.74, 6) is 0.801. The van der Waals surface area contributed by atoms with Gasteiger partial charge in [0.15, 0.2) is 0 Å². The maximum atomic E-state index is 11.5. The predicted octanol–water partition coefficient (Wildman–Crippen LogP) is 1.20. The van der Waals surface area contributed by atoms with Crippen molar-refractivity contribution in [2.24, 2.45) is 11.8 Å². The molecule has 2 atom stereocenters. The number of nitrogens with one attached hydrogen (secondary N) is 1. The lowest BCUT2D eigenvalue weighted by molar-refractivity contribution is -0.124. The minimum atomic E-state index is -0.501. The molecule has 1 amide bonds. The summed E-state index contributed by atoms with van der Waals surface area (Å²) in [5, 5.41) is 11.8. The molecule has 3 nitrogen and oxygen atoms in total. The van der Waals surface area contributed by atoms with E-state index in [-0.39, 0.29) is 11.8 Å². The van der Waals surface area contributed by atoms with Gasteiger partial charge in [-0.05, 0) is 31.6 Å². The number of carbonyl (C=O) groups excluding carboxylic acids is 1. The van der Waals surface area contributed by atoms with Gasteiger partial charge in [-0.25, -0.2) is 0 Å². The maximum absolute atomic E-state index is 11.5. The van der Waals surface area contributed by atoms with Gasteiger partial charge in [-0.15, -0.1) is 0 Å². The fourth-order valence-electron chi connectivity index (χ4n) is 1.81. The average Bonchev–Trinajstić information content (AvgIpc) is 2.75. The third-order valence-corrected chi connectivity index (χ3v) is 3.23. The zero-order chi connectivity index (χ0) is 9.47. The van der Waals surface area contributed by atoms with Gasteiger partial charge in [-0.3, -0.25) is 4.79 Å². The normalized spacial score (nSPS) is 34.2. The molecule has 2 aliphatic rings. The number of nitrogens with zero attached hydrogens (tertiary/aromatic N) is 1. The highest BCUT2D eigenvalue weighted by atomic mass is 16.2. The molecule has 0 aromatic heterocycles. The Balaban J connectivity index is 1.90. The summed E-state index contributed by atoms with van der Waals surface area (Å²) >= 11 is 0. The second kappa shape index (κ2) is 2.73. The molecular formula is C10H14N2O. The highest BCUT2D eigenvalue weighted by Crippen LogP contribution is 2.39. The van der Waals surface area contributed by atoms with Crippen LogP contribution in [0.3, 0.4) is 0 Å². The van der Waals surface area contributed by atoms with E-state index in [9.17, 15) is 4.79 Å². The van der Waals surface area contributed by atoms with Crippen LogP contribution in [0.2, 0.25) is 0 Å². The quantitative estimate of drug-likeness (QED) is 0.690. The monoisotopic (exact) mass is 178 g/mol. The second-order valence-electron chi connectivity index (χ2n) is 4.36. The number of nitriles is 1. The highest BCUT2D eigenvalue weighted by molar-refractivity contribution is 5.82. The molecule has 0 spiro atoms. The van der Waals surface area contributed by atoms with Crippen LogP contribution in [0.1, 0.15) is 32.6 Å². The van der Waals surface area contributed by atoms with Crippen molar-refractivity contribution in [2.45, 2.75) is 38.1 Å². The van der Waals surface area contributed by atoms with E-state index in [0.717, 1.165) is 25.7 Å². The van der Waals surface area contributed by atoms with E-state index in [1.54, 1.807) is 0 Å². The molecule has 0 aromatic carbocycles. The number of hydrogen-bond donors (Lipinski definition) is 1. The molecular weight excluding hydrogens is 164 g/mol. The molecule has 0 radical (unpaired) electrons. The largest absolute Gasteiger partial charge is 0.338 e. The SMILES string of the molecule is C[C@@H]1C[C@H]1C(=O)NC1(C#N)CCC1. The first-order chi connectivity index (χ1) is 6.17. The fourth-order valence-corrected chi connectivity index (χ4v) is 1.81. The van der Waals surface area contributed by atoms with Crippen LogP contribution in [-0.2, 0) is 4.79 Å². The van der Waals surface area contributed by atoms with E-state index >= 15 is 0 Å². The van der Waals surface area contributed by atoms with Gasteiger partial charge >= 0.3 is 0 Å². The Hall–Kier alpha value is -1.04. The summed E-state index contributed by atoms with van der Waals surface area (Å²) in [4.78, 5) is 11.5. The van der Waals surface area contributed by atoms with Crippen LogP contribution in [0.4, 0.5) is 0 Å². The molecule has 0 aliphatic heterocycles. The molecule has 0 heterocycles. The third-order valence-electron chi connectivity index (χ3n) is 3.23. The predicted molar refractivity (Wildman–Crippen MR) is 47.6 cm³/mol. The third kappa shape index (κ3) is 1.41. The van der Waals surface area contributed by atoms with Crippen molar-refractivity contribution in [1.82, 2.24) is 5.32 Å². The summed E-state index contributed by atoms with van der Waals surface area (Å²) in [7, 11) is 0. The van der Waals surface area contributed by atoms with Gasteiger partial charge in [0.05, 0.1) is 6.07 Å². The van der Waals surface area contributed by atoms with Crippen molar-refractivity contribution in [1.29, 1.82) is 5.26 Å². The first-order valence-electron chi connectivity index (χ1n) is 4.90. The lowest BCUT2D eigenvalue weighted by atomic mass is 9.78. The van der Waals surface area contributed by atoms with Crippen molar-refractivity contribution in [2.75, 3.05) is 0 Å². The Bertz CT molecular complexity index is 275. The molecule has 70 valence electrons. The van der Waals surface area contributed by atoms with Crippen LogP contribution in [0.5, 0.6) is 0 Å². The van der Waals surface area contributed by atoms with Crippen LogP contribution in [0.15, 0.2) is 0 Å². The second-order valence-corrected chi connectivity index (χ2v) is 4.36. The summed E-state index contributed by atoms with van der Waals surface area (Å²) in [6.45, 7) is 2.07. The number of carbonyl (C=O) groups is 1. The van der Waals surface area contributed by atoms with Gasteiger partial charge in [0.2, 0.25) is 5.91 Å². The van der Waals surface area contributed by atoms with E-state index < -0.39 is 5.54 Å². The molecule has 2 fully saturated rings. The standard InChI is InChI=1S/C10H14N2O/c1-7-5-8(7)9(13)12-10(6-11)3-2-4-10/h7-8H,2-5H2,1H3,(H,12,13)/t7-,8-/m1/s1. The Morgan fingerprint density at radius 3 is 2.54 bits per heavy atom. The Morgan fingerprint density at radius 1 is 1.62 bits per heavy atom. The number of rotatable bonds is 2. The van der Waals surface area contributed by atoms with Crippen molar-refractivity contribution < 1.29 is 4.79 Å². The van der Waals surface area contributed by atoms with E-state index in [1.165, 1.54) is 0 Å². The highest BCUT2D eigenvalue weighted by Gasteiger charge is 2.45. The smallest absolute Gasteiger partial charge is 0.224 e. The summed E-state index contributed by atoms with van der Waals surface area (Å²) in [6.07, 6.45) is 3.72. The van der Waals surface area contributed by atoms with Gasteiger partial charge < -0.3 is 5.32 Å². The molecule has 3 heteroatoms. The lowest BCUT2D eigenvalue weighted by Crippen LogP contribution is -2.52. The van der Waals surface area contributed by atoms with Crippen LogP contribution in [0, 0.1) is 23.2 Å². The Kier molecular flexibility index (Phi) is 1.80. The van der Waals surface area contributed by atoms with Crippen LogP contribution >= 0.6 is 0 Å². The molecule has 2 rings (SSSR count). The van der Waals surface area contributed by atoms with E-state index in [1.807, 2.05) is 0 Å². The van der Waals surface area contributed by atoms with Gasteiger partial charge in [-0.2, -0.15) is 5.26 Å². The zero-order valence-corrected chi connectivity index (χ0v) is 7.84. The Morgan fingerprint density at radius 2 is 2.23 bits per heavy atom. The van der Waals surface area contributed by atoms with Crippen molar-refractivity contribution in [3.05, 3.63) is 0 Å². The topological polar surface area (TPSA) is 52.9 Å². The van der Waals surface area contributed by atoms with Gasteiger partial charge in [0.25, 0.3) is 0 Å². The van der Waals surface area contributed by atoms with E-state index in [0.29, 0.717) is 5.92 Å². The van der Waals surface area contributed by atoms with Gasteiger partial charge in [-0.1, -0.05) is 6.92 Å². The molecule has 0 bridgehead atoms. The van der Waals surface area contributed by atoms with Crippen LogP contribution in [-0.4, -0.2) is 11.4 Å². The Labute approximate surface area is 78.1 Å². The molecule has 0 unspecified atom stereocenters. The first kappa shape index (κ1) is 8.55. The van der Waals surface area contributed by atoms with E-state index in [4.69, 9.17) is 5.26 Å². The van der Waals surface area contributed by atoms with Crippen molar-refractivity contribution >= 4 is 5.91 Å². The fraction of sp³-hybridized carbons (Fsp3) is 0.800. The minimum Gasteiger partial charge on any atom is -0.338 e. The molecule has 13 heavy (non-hydrogen) atoms. The van der Waals surface area contributed by atoms with E-state index in [2.05, 4.69) is 18.3 Å². The lowest BCUT2D eigenvalue weighted by Gasteiger charge is -2.35.